The Hall–Kier alpha value is -2.60. The van der Waals surface area contributed by atoms with E-state index in [-0.39, 0.29) is 6.42 Å². The van der Waals surface area contributed by atoms with Gasteiger partial charge in [0, 0.05) is 28.8 Å². The van der Waals surface area contributed by atoms with Crippen LogP contribution < -0.4 is 0 Å². The molecule has 132 valence electrons. The second kappa shape index (κ2) is 7.33. The largest absolute Gasteiger partial charge is 0.481 e. The molecule has 0 aliphatic heterocycles. The van der Waals surface area contributed by atoms with Crippen molar-refractivity contribution in [1.29, 1.82) is 0 Å². The number of carboxylic acids is 1. The SMILES string of the molecule is O=C(O)Cc1cnn(-c2ccc(-c3cccnc3SC3CCC3)cc2)c1. The van der Waals surface area contributed by atoms with Gasteiger partial charge in [0.25, 0.3) is 0 Å². The fraction of sp³-hybridized carbons (Fsp3) is 0.250. The second-order valence-corrected chi connectivity index (χ2v) is 7.73. The van der Waals surface area contributed by atoms with E-state index in [0.29, 0.717) is 10.8 Å². The third-order valence-electron chi connectivity index (χ3n) is 4.54. The fourth-order valence-corrected chi connectivity index (χ4v) is 4.23. The lowest BCUT2D eigenvalue weighted by Crippen LogP contribution is -2.13. The minimum Gasteiger partial charge on any atom is -0.481 e. The van der Waals surface area contributed by atoms with Gasteiger partial charge in [-0.15, -0.1) is 11.8 Å². The molecule has 0 unspecified atom stereocenters. The molecule has 0 amide bonds. The molecule has 0 saturated heterocycles. The van der Waals surface area contributed by atoms with Gasteiger partial charge in [-0.05, 0) is 36.6 Å². The molecule has 2 aromatic heterocycles. The number of aliphatic carboxylic acids is 1. The van der Waals surface area contributed by atoms with Crippen molar-refractivity contribution in [2.45, 2.75) is 36.0 Å². The molecular formula is C20H19N3O2S. The quantitative estimate of drug-likeness (QED) is 0.709. The highest BCUT2D eigenvalue weighted by Gasteiger charge is 2.20. The van der Waals surface area contributed by atoms with Crippen LogP contribution in [0.25, 0.3) is 16.8 Å². The van der Waals surface area contributed by atoms with Crippen molar-refractivity contribution < 1.29 is 9.90 Å². The van der Waals surface area contributed by atoms with Gasteiger partial charge in [0.05, 0.1) is 18.3 Å². The van der Waals surface area contributed by atoms with E-state index in [4.69, 9.17) is 5.11 Å². The Labute approximate surface area is 156 Å². The predicted octanol–water partition coefficient (Wildman–Crippen LogP) is 4.21. The molecule has 0 bridgehead atoms. The van der Waals surface area contributed by atoms with E-state index >= 15 is 0 Å². The van der Waals surface area contributed by atoms with Gasteiger partial charge >= 0.3 is 5.97 Å². The normalized spacial score (nSPS) is 14.2. The summed E-state index contributed by atoms with van der Waals surface area (Å²) >= 11 is 1.88. The van der Waals surface area contributed by atoms with Gasteiger partial charge in [0.15, 0.2) is 0 Å². The minimum absolute atomic E-state index is 0.0183. The van der Waals surface area contributed by atoms with E-state index in [9.17, 15) is 4.79 Å². The lowest BCUT2D eigenvalue weighted by molar-refractivity contribution is -0.136. The monoisotopic (exact) mass is 365 g/mol. The molecule has 6 heteroatoms. The molecule has 3 aromatic rings. The maximum atomic E-state index is 10.8. The number of aromatic nitrogens is 3. The number of benzene rings is 1. The lowest BCUT2D eigenvalue weighted by Gasteiger charge is -2.24. The zero-order chi connectivity index (χ0) is 17.9. The number of pyridine rings is 1. The summed E-state index contributed by atoms with van der Waals surface area (Å²) < 4.78 is 1.70. The van der Waals surface area contributed by atoms with Gasteiger partial charge in [0.2, 0.25) is 0 Å². The summed E-state index contributed by atoms with van der Waals surface area (Å²) in [6.07, 6.45) is 9.06. The summed E-state index contributed by atoms with van der Waals surface area (Å²) in [6.45, 7) is 0. The van der Waals surface area contributed by atoms with Crippen molar-refractivity contribution in [3.05, 3.63) is 60.6 Å². The fourth-order valence-electron chi connectivity index (χ4n) is 2.91. The van der Waals surface area contributed by atoms with Crippen LogP contribution in [0, 0.1) is 0 Å². The summed E-state index contributed by atoms with van der Waals surface area (Å²) in [4.78, 5) is 15.4. The van der Waals surface area contributed by atoms with Crippen LogP contribution in [0.1, 0.15) is 24.8 Å². The van der Waals surface area contributed by atoms with Crippen LogP contribution in [0.3, 0.4) is 0 Å². The standard InChI is InChI=1S/C20H19N3O2S/c24-19(25)11-14-12-22-23(13-14)16-8-6-15(7-9-16)18-5-2-10-21-20(18)26-17-3-1-4-17/h2,5-10,12-13,17H,1,3-4,11H2,(H,24,25). The molecule has 1 aliphatic rings. The van der Waals surface area contributed by atoms with E-state index < -0.39 is 5.97 Å². The number of carboxylic acid groups (broad SMARTS) is 1. The first kappa shape index (κ1) is 16.8. The highest BCUT2D eigenvalue weighted by Crippen LogP contribution is 2.39. The summed E-state index contributed by atoms with van der Waals surface area (Å²) in [5, 5.41) is 14.9. The zero-order valence-electron chi connectivity index (χ0n) is 14.2. The number of thioether (sulfide) groups is 1. The average Bonchev–Trinajstić information content (AvgIpc) is 3.06. The van der Waals surface area contributed by atoms with Gasteiger partial charge in [-0.2, -0.15) is 5.10 Å². The van der Waals surface area contributed by atoms with Crippen LogP contribution in [0.15, 0.2) is 60.0 Å². The van der Waals surface area contributed by atoms with Gasteiger partial charge in [-0.3, -0.25) is 4.79 Å². The number of hydrogen-bond donors (Lipinski definition) is 1. The van der Waals surface area contributed by atoms with Crippen molar-refractivity contribution in [1.82, 2.24) is 14.8 Å². The molecule has 1 aromatic carbocycles. The Kier molecular flexibility index (Phi) is 4.75. The maximum Gasteiger partial charge on any atom is 0.307 e. The second-order valence-electron chi connectivity index (χ2n) is 6.44. The maximum absolute atomic E-state index is 10.8. The third-order valence-corrected chi connectivity index (χ3v) is 5.89. The molecule has 0 spiro atoms. The van der Waals surface area contributed by atoms with Gasteiger partial charge < -0.3 is 5.11 Å². The summed E-state index contributed by atoms with van der Waals surface area (Å²) in [5.74, 6) is -0.854. The molecule has 2 heterocycles. The predicted molar refractivity (Wildman–Crippen MR) is 102 cm³/mol. The van der Waals surface area contributed by atoms with E-state index in [1.165, 1.54) is 19.3 Å². The van der Waals surface area contributed by atoms with E-state index in [0.717, 1.165) is 21.8 Å². The minimum atomic E-state index is -0.854. The van der Waals surface area contributed by atoms with Crippen molar-refractivity contribution in [3.8, 4) is 16.8 Å². The van der Waals surface area contributed by atoms with Crippen LogP contribution in [0.2, 0.25) is 0 Å². The van der Waals surface area contributed by atoms with Gasteiger partial charge in [-0.25, -0.2) is 9.67 Å². The Balaban J connectivity index is 1.56. The molecular weight excluding hydrogens is 346 g/mol. The molecule has 0 atom stereocenters. The molecule has 1 N–H and O–H groups in total. The number of carbonyl (C=O) groups is 1. The first-order valence-electron chi connectivity index (χ1n) is 8.67. The van der Waals surface area contributed by atoms with E-state index in [1.807, 2.05) is 36.2 Å². The number of rotatable bonds is 6. The third kappa shape index (κ3) is 3.65. The molecule has 5 nitrogen and oxygen atoms in total. The first-order chi connectivity index (χ1) is 12.7. The first-order valence-corrected chi connectivity index (χ1v) is 9.55. The average molecular weight is 365 g/mol. The Morgan fingerprint density at radius 3 is 2.73 bits per heavy atom. The number of nitrogens with zero attached hydrogens (tertiary/aromatic N) is 3. The number of hydrogen-bond acceptors (Lipinski definition) is 4. The van der Waals surface area contributed by atoms with Crippen molar-refractivity contribution in [2.24, 2.45) is 0 Å². The Bertz CT molecular complexity index is 917. The van der Waals surface area contributed by atoms with Crippen molar-refractivity contribution >= 4 is 17.7 Å². The Morgan fingerprint density at radius 1 is 1.23 bits per heavy atom. The molecule has 1 saturated carbocycles. The molecule has 1 fully saturated rings. The van der Waals surface area contributed by atoms with Crippen LogP contribution in [0.5, 0.6) is 0 Å². The van der Waals surface area contributed by atoms with Crippen LogP contribution >= 0.6 is 11.8 Å². The molecule has 0 radical (unpaired) electrons. The summed E-state index contributed by atoms with van der Waals surface area (Å²) in [6, 6.07) is 12.2. The smallest absolute Gasteiger partial charge is 0.307 e. The summed E-state index contributed by atoms with van der Waals surface area (Å²) in [7, 11) is 0. The van der Waals surface area contributed by atoms with Crippen LogP contribution in [-0.2, 0) is 11.2 Å². The van der Waals surface area contributed by atoms with E-state index in [2.05, 4.69) is 28.3 Å². The lowest BCUT2D eigenvalue weighted by atomic mass is 10.00. The molecule has 26 heavy (non-hydrogen) atoms. The molecule has 4 rings (SSSR count). The molecule has 1 aliphatic carbocycles. The highest BCUT2D eigenvalue weighted by atomic mass is 32.2. The zero-order valence-corrected chi connectivity index (χ0v) is 15.0. The summed E-state index contributed by atoms with van der Waals surface area (Å²) in [5.41, 5.74) is 3.88. The Morgan fingerprint density at radius 2 is 2.04 bits per heavy atom. The van der Waals surface area contributed by atoms with Crippen LogP contribution in [-0.4, -0.2) is 31.1 Å². The van der Waals surface area contributed by atoms with Crippen molar-refractivity contribution in [2.75, 3.05) is 0 Å². The van der Waals surface area contributed by atoms with E-state index in [1.54, 1.807) is 17.1 Å². The topological polar surface area (TPSA) is 68.0 Å². The van der Waals surface area contributed by atoms with Gasteiger partial charge in [0.1, 0.15) is 5.03 Å². The van der Waals surface area contributed by atoms with Gasteiger partial charge in [-0.1, -0.05) is 24.6 Å². The highest BCUT2D eigenvalue weighted by molar-refractivity contribution is 8.00. The van der Waals surface area contributed by atoms with Crippen LogP contribution in [0.4, 0.5) is 0 Å². The van der Waals surface area contributed by atoms with Crippen molar-refractivity contribution in [3.63, 3.8) is 0 Å².